The first kappa shape index (κ1) is 18.8. The van der Waals surface area contributed by atoms with Crippen LogP contribution in [0.4, 0.5) is 0 Å². The fourth-order valence-electron chi connectivity index (χ4n) is 1.62. The van der Waals surface area contributed by atoms with Crippen molar-refractivity contribution >= 4 is 10.0 Å². The molecule has 0 saturated heterocycles. The van der Waals surface area contributed by atoms with Crippen molar-refractivity contribution in [3.05, 3.63) is 0 Å². The van der Waals surface area contributed by atoms with Crippen molar-refractivity contribution in [2.45, 2.75) is 19.8 Å². The second-order valence-electron chi connectivity index (χ2n) is 4.26. The van der Waals surface area contributed by atoms with E-state index in [1.165, 1.54) is 4.31 Å². The van der Waals surface area contributed by atoms with Crippen LogP contribution in [-0.2, 0) is 19.5 Å². The molecule has 0 aromatic heterocycles. The Morgan fingerprint density at radius 3 is 2.11 bits per heavy atom. The molecule has 19 heavy (non-hydrogen) atoms. The maximum absolute atomic E-state index is 12.2. The number of unbranched alkanes of at least 4 members (excludes halogenated alkanes) is 1. The van der Waals surface area contributed by atoms with Crippen LogP contribution in [0.15, 0.2) is 0 Å². The second kappa shape index (κ2) is 11.6. The van der Waals surface area contributed by atoms with E-state index >= 15 is 0 Å². The number of hydrogen-bond donors (Lipinski definition) is 1. The molecule has 0 fully saturated rings. The Bertz CT molecular complexity index is 288. The smallest absolute Gasteiger partial charge is 0.214 e. The van der Waals surface area contributed by atoms with E-state index in [-0.39, 0.29) is 5.75 Å². The molecular weight excluding hydrogens is 268 g/mol. The number of hydrogen-bond acceptors (Lipinski definition) is 5. The van der Waals surface area contributed by atoms with Crippen LogP contribution in [0.25, 0.3) is 0 Å². The lowest BCUT2D eigenvalue weighted by Gasteiger charge is -2.21. The van der Waals surface area contributed by atoms with Crippen LogP contribution in [0.1, 0.15) is 19.8 Å². The normalized spacial score (nSPS) is 12.2. The minimum Gasteiger partial charge on any atom is -0.383 e. The molecule has 0 aromatic carbocycles. The third-order valence-corrected chi connectivity index (χ3v) is 4.70. The predicted octanol–water partition coefficient (Wildman–Crippen LogP) is 0.301. The topological polar surface area (TPSA) is 67.9 Å². The number of ether oxygens (including phenoxy) is 2. The van der Waals surface area contributed by atoms with Gasteiger partial charge in [0.25, 0.3) is 0 Å². The molecule has 7 heteroatoms. The average molecular weight is 296 g/mol. The standard InChI is InChI=1S/C12H28N2O4S/c1-4-13-7-5-6-12-19(15,16)14(8-10-17-2)9-11-18-3/h13H,4-12H2,1-3H3. The fourth-order valence-corrected chi connectivity index (χ4v) is 3.15. The van der Waals surface area contributed by atoms with Gasteiger partial charge in [0, 0.05) is 27.3 Å². The van der Waals surface area contributed by atoms with Gasteiger partial charge in [-0.15, -0.1) is 0 Å². The zero-order chi connectivity index (χ0) is 14.6. The zero-order valence-electron chi connectivity index (χ0n) is 12.4. The van der Waals surface area contributed by atoms with E-state index in [0.29, 0.717) is 32.7 Å². The number of nitrogens with one attached hydrogen (secondary N) is 1. The summed E-state index contributed by atoms with van der Waals surface area (Å²) in [6.07, 6.45) is 1.54. The highest BCUT2D eigenvalue weighted by Crippen LogP contribution is 2.05. The predicted molar refractivity (Wildman–Crippen MR) is 76.9 cm³/mol. The Kier molecular flexibility index (Phi) is 11.5. The molecule has 0 amide bonds. The van der Waals surface area contributed by atoms with E-state index in [1.807, 2.05) is 6.92 Å². The Morgan fingerprint density at radius 2 is 1.63 bits per heavy atom. The quantitative estimate of drug-likeness (QED) is 0.495. The van der Waals surface area contributed by atoms with E-state index in [9.17, 15) is 8.42 Å². The largest absolute Gasteiger partial charge is 0.383 e. The molecule has 0 rings (SSSR count). The SMILES string of the molecule is CCNCCCCS(=O)(=O)N(CCOC)CCOC. The summed E-state index contributed by atoms with van der Waals surface area (Å²) in [7, 11) is -0.0745. The molecule has 0 heterocycles. The number of nitrogens with zero attached hydrogens (tertiary/aromatic N) is 1. The average Bonchev–Trinajstić information content (AvgIpc) is 2.38. The summed E-state index contributed by atoms with van der Waals surface area (Å²) in [6.45, 7) is 5.39. The summed E-state index contributed by atoms with van der Waals surface area (Å²) >= 11 is 0. The van der Waals surface area contributed by atoms with E-state index < -0.39 is 10.0 Å². The molecule has 0 aromatic rings. The van der Waals surface area contributed by atoms with Crippen molar-refractivity contribution in [1.82, 2.24) is 9.62 Å². The third-order valence-electron chi connectivity index (χ3n) is 2.74. The lowest BCUT2D eigenvalue weighted by Crippen LogP contribution is -2.38. The van der Waals surface area contributed by atoms with Gasteiger partial charge in [0.2, 0.25) is 10.0 Å². The highest BCUT2D eigenvalue weighted by Gasteiger charge is 2.20. The second-order valence-corrected chi connectivity index (χ2v) is 6.35. The van der Waals surface area contributed by atoms with Crippen LogP contribution < -0.4 is 5.32 Å². The van der Waals surface area contributed by atoms with Gasteiger partial charge in [0.15, 0.2) is 0 Å². The van der Waals surface area contributed by atoms with Crippen molar-refractivity contribution in [1.29, 1.82) is 0 Å². The van der Waals surface area contributed by atoms with Crippen molar-refractivity contribution in [2.75, 3.05) is 59.4 Å². The van der Waals surface area contributed by atoms with Crippen molar-refractivity contribution in [2.24, 2.45) is 0 Å². The Morgan fingerprint density at radius 1 is 1.05 bits per heavy atom. The van der Waals surface area contributed by atoms with E-state index in [1.54, 1.807) is 14.2 Å². The number of rotatable bonds is 13. The minimum atomic E-state index is -3.21. The molecule has 0 aliphatic heterocycles. The fraction of sp³-hybridized carbons (Fsp3) is 1.00. The molecule has 116 valence electrons. The summed E-state index contributed by atoms with van der Waals surface area (Å²) in [5.74, 6) is 0.186. The highest BCUT2D eigenvalue weighted by atomic mass is 32.2. The molecule has 0 saturated carbocycles. The van der Waals surface area contributed by atoms with Crippen LogP contribution >= 0.6 is 0 Å². The first-order chi connectivity index (χ1) is 9.08. The van der Waals surface area contributed by atoms with Gasteiger partial charge in [-0.2, -0.15) is 4.31 Å². The van der Waals surface area contributed by atoms with Gasteiger partial charge in [-0.3, -0.25) is 0 Å². The van der Waals surface area contributed by atoms with Gasteiger partial charge in [-0.05, 0) is 25.9 Å². The molecule has 0 spiro atoms. The molecular formula is C12H28N2O4S. The van der Waals surface area contributed by atoms with Crippen LogP contribution in [0.3, 0.4) is 0 Å². The Hall–Kier alpha value is -0.210. The molecule has 0 atom stereocenters. The summed E-state index contributed by atoms with van der Waals surface area (Å²) in [5.41, 5.74) is 0. The van der Waals surface area contributed by atoms with E-state index in [4.69, 9.17) is 9.47 Å². The monoisotopic (exact) mass is 296 g/mol. The lowest BCUT2D eigenvalue weighted by atomic mass is 10.3. The Labute approximate surface area is 117 Å². The molecule has 6 nitrogen and oxygen atoms in total. The molecule has 1 N–H and O–H groups in total. The lowest BCUT2D eigenvalue weighted by molar-refractivity contribution is 0.150. The third kappa shape index (κ3) is 9.34. The molecule has 0 unspecified atom stereocenters. The first-order valence-electron chi connectivity index (χ1n) is 6.75. The van der Waals surface area contributed by atoms with E-state index in [0.717, 1.165) is 19.5 Å². The van der Waals surface area contributed by atoms with Crippen LogP contribution in [0, 0.1) is 0 Å². The Balaban J connectivity index is 4.18. The van der Waals surface area contributed by atoms with Crippen LogP contribution in [-0.4, -0.2) is 72.1 Å². The van der Waals surface area contributed by atoms with Gasteiger partial charge in [0.05, 0.1) is 19.0 Å². The van der Waals surface area contributed by atoms with Crippen LogP contribution in [0.5, 0.6) is 0 Å². The summed E-state index contributed by atoms with van der Waals surface area (Å²) in [6, 6.07) is 0. The van der Waals surface area contributed by atoms with Crippen molar-refractivity contribution in [3.8, 4) is 0 Å². The molecule has 0 aliphatic rings. The van der Waals surface area contributed by atoms with Crippen molar-refractivity contribution in [3.63, 3.8) is 0 Å². The zero-order valence-corrected chi connectivity index (χ0v) is 13.2. The summed E-state index contributed by atoms with van der Waals surface area (Å²) < 4.78 is 35.7. The summed E-state index contributed by atoms with van der Waals surface area (Å²) in [4.78, 5) is 0. The van der Waals surface area contributed by atoms with Gasteiger partial charge < -0.3 is 14.8 Å². The van der Waals surface area contributed by atoms with E-state index in [2.05, 4.69) is 5.32 Å². The highest BCUT2D eigenvalue weighted by molar-refractivity contribution is 7.89. The van der Waals surface area contributed by atoms with Gasteiger partial charge in [-0.1, -0.05) is 6.92 Å². The first-order valence-corrected chi connectivity index (χ1v) is 8.35. The molecule has 0 radical (unpaired) electrons. The maximum Gasteiger partial charge on any atom is 0.214 e. The van der Waals surface area contributed by atoms with Crippen molar-refractivity contribution < 1.29 is 17.9 Å². The van der Waals surface area contributed by atoms with Gasteiger partial charge >= 0.3 is 0 Å². The maximum atomic E-state index is 12.2. The minimum absolute atomic E-state index is 0.186. The van der Waals surface area contributed by atoms with Crippen LogP contribution in [0.2, 0.25) is 0 Å². The molecule has 0 aliphatic carbocycles. The van der Waals surface area contributed by atoms with Gasteiger partial charge in [0.1, 0.15) is 0 Å². The summed E-state index contributed by atoms with van der Waals surface area (Å²) in [5, 5.41) is 3.18. The molecule has 0 bridgehead atoms. The van der Waals surface area contributed by atoms with Gasteiger partial charge in [-0.25, -0.2) is 8.42 Å². The number of methoxy groups -OCH3 is 2. The number of sulfonamides is 1.